The van der Waals surface area contributed by atoms with Crippen LogP contribution in [0.5, 0.6) is 11.6 Å². The van der Waals surface area contributed by atoms with Crippen molar-refractivity contribution in [2.24, 2.45) is 0 Å². The van der Waals surface area contributed by atoms with Crippen molar-refractivity contribution in [1.29, 1.82) is 0 Å². The number of aromatic nitrogens is 4. The van der Waals surface area contributed by atoms with Crippen molar-refractivity contribution >= 4 is 54.9 Å². The maximum atomic E-state index is 6.36. The number of nitrogen functional groups attached to an aromatic ring is 1. The maximum Gasteiger partial charge on any atom is 0.248 e. The Kier molecular flexibility index (Phi) is 4.83. The number of hydrogen-bond acceptors (Lipinski definition) is 7. The number of para-hydroxylation sites is 1. The van der Waals surface area contributed by atoms with Gasteiger partial charge in [0.2, 0.25) is 5.88 Å². The number of nitrogens with zero attached hydrogens (tertiary/aromatic N) is 4. The van der Waals surface area contributed by atoms with Crippen LogP contribution in [0, 0.1) is 6.92 Å². The fourth-order valence-electron chi connectivity index (χ4n) is 3.33. The molecule has 0 aliphatic rings. The molecule has 7 nitrogen and oxygen atoms in total. The van der Waals surface area contributed by atoms with E-state index in [-0.39, 0.29) is 5.88 Å². The molecular formula is C23H17BrN6O. The third kappa shape index (κ3) is 3.62. The average Bonchev–Trinajstić information content (AvgIpc) is 2.79. The molecule has 2 aromatic carbocycles. The molecule has 0 aliphatic carbocycles. The number of anilines is 3. The Hall–Kier alpha value is -3.78. The van der Waals surface area contributed by atoms with Crippen LogP contribution in [0.1, 0.15) is 5.69 Å². The Morgan fingerprint density at radius 3 is 2.74 bits per heavy atom. The zero-order chi connectivity index (χ0) is 21.4. The van der Waals surface area contributed by atoms with Crippen LogP contribution >= 0.6 is 15.9 Å². The van der Waals surface area contributed by atoms with Gasteiger partial charge < -0.3 is 15.8 Å². The molecule has 0 saturated carbocycles. The molecule has 0 aliphatic heterocycles. The molecule has 0 radical (unpaired) electrons. The molecule has 3 heterocycles. The molecule has 5 aromatic rings. The molecule has 152 valence electrons. The molecular weight excluding hydrogens is 456 g/mol. The number of hydrogen-bond donors (Lipinski definition) is 2. The van der Waals surface area contributed by atoms with E-state index in [1.54, 1.807) is 6.20 Å². The predicted octanol–water partition coefficient (Wildman–Crippen LogP) is 5.76. The van der Waals surface area contributed by atoms with Crippen molar-refractivity contribution in [3.8, 4) is 11.6 Å². The van der Waals surface area contributed by atoms with E-state index in [9.17, 15) is 0 Å². The Balaban J connectivity index is 1.53. The summed E-state index contributed by atoms with van der Waals surface area (Å²) in [4.78, 5) is 17.6. The number of nitrogens with two attached hydrogens (primary N) is 1. The van der Waals surface area contributed by atoms with E-state index in [0.717, 1.165) is 32.1 Å². The molecule has 0 fully saturated rings. The second-order valence-corrected chi connectivity index (χ2v) is 7.80. The van der Waals surface area contributed by atoms with Crippen LogP contribution in [-0.4, -0.2) is 19.9 Å². The van der Waals surface area contributed by atoms with Gasteiger partial charge in [0.05, 0.1) is 11.2 Å². The van der Waals surface area contributed by atoms with Gasteiger partial charge in [0, 0.05) is 27.1 Å². The van der Waals surface area contributed by atoms with Gasteiger partial charge in [0.1, 0.15) is 17.5 Å². The number of benzene rings is 2. The second-order valence-electron chi connectivity index (χ2n) is 6.94. The molecule has 3 aromatic heterocycles. The molecule has 0 saturated heterocycles. The molecule has 3 N–H and O–H groups in total. The Morgan fingerprint density at radius 1 is 0.935 bits per heavy atom. The van der Waals surface area contributed by atoms with E-state index in [1.807, 2.05) is 61.5 Å². The van der Waals surface area contributed by atoms with E-state index in [0.29, 0.717) is 22.8 Å². The summed E-state index contributed by atoms with van der Waals surface area (Å²) in [6, 6.07) is 17.5. The maximum absolute atomic E-state index is 6.36. The highest BCUT2D eigenvalue weighted by atomic mass is 79.9. The van der Waals surface area contributed by atoms with Crippen LogP contribution in [0.15, 0.2) is 71.6 Å². The number of aryl methyl sites for hydroxylation is 1. The van der Waals surface area contributed by atoms with E-state index >= 15 is 0 Å². The van der Waals surface area contributed by atoms with Gasteiger partial charge in [-0.2, -0.15) is 4.98 Å². The predicted molar refractivity (Wildman–Crippen MR) is 126 cm³/mol. The topological polar surface area (TPSA) is 98.8 Å². The van der Waals surface area contributed by atoms with Crippen LogP contribution in [0.3, 0.4) is 0 Å². The molecule has 0 unspecified atom stereocenters. The lowest BCUT2D eigenvalue weighted by Crippen LogP contribution is -2.04. The van der Waals surface area contributed by atoms with Crippen molar-refractivity contribution in [3.05, 3.63) is 77.3 Å². The average molecular weight is 473 g/mol. The number of fused-ring (bicyclic) bond motifs is 2. The minimum absolute atomic E-state index is 0.246. The van der Waals surface area contributed by atoms with Gasteiger partial charge in [-0.15, -0.1) is 0 Å². The smallest absolute Gasteiger partial charge is 0.248 e. The summed E-state index contributed by atoms with van der Waals surface area (Å²) < 4.78 is 6.98. The fraction of sp³-hybridized carbons (Fsp3) is 0.0435. The van der Waals surface area contributed by atoms with Gasteiger partial charge in [0.25, 0.3) is 0 Å². The molecule has 5 rings (SSSR count). The Labute approximate surface area is 186 Å². The van der Waals surface area contributed by atoms with Crippen molar-refractivity contribution in [2.75, 3.05) is 11.1 Å². The van der Waals surface area contributed by atoms with Gasteiger partial charge in [0.15, 0.2) is 11.6 Å². The van der Waals surface area contributed by atoms with E-state index < -0.39 is 0 Å². The third-order valence-corrected chi connectivity index (χ3v) is 5.54. The number of ether oxygens (including phenoxy) is 1. The highest BCUT2D eigenvalue weighted by Gasteiger charge is 2.15. The summed E-state index contributed by atoms with van der Waals surface area (Å²) >= 11 is 3.54. The van der Waals surface area contributed by atoms with Gasteiger partial charge >= 0.3 is 0 Å². The van der Waals surface area contributed by atoms with Crippen molar-refractivity contribution < 1.29 is 4.74 Å². The highest BCUT2D eigenvalue weighted by Crippen LogP contribution is 2.36. The first-order valence-corrected chi connectivity index (χ1v) is 10.3. The largest absolute Gasteiger partial charge is 0.435 e. The highest BCUT2D eigenvalue weighted by molar-refractivity contribution is 9.10. The van der Waals surface area contributed by atoms with Crippen molar-refractivity contribution in [3.63, 3.8) is 0 Å². The summed E-state index contributed by atoms with van der Waals surface area (Å²) in [5, 5.41) is 5.23. The van der Waals surface area contributed by atoms with Crippen LogP contribution < -0.4 is 15.8 Å². The number of rotatable bonds is 4. The quantitative estimate of drug-likeness (QED) is 0.342. The molecule has 0 bridgehead atoms. The summed E-state index contributed by atoms with van der Waals surface area (Å²) in [5.41, 5.74) is 9.93. The van der Waals surface area contributed by atoms with Gasteiger partial charge in [-0.05, 0) is 37.3 Å². The normalized spacial score (nSPS) is 11.0. The van der Waals surface area contributed by atoms with E-state index in [1.165, 1.54) is 6.33 Å². The Bertz CT molecular complexity index is 1410. The second kappa shape index (κ2) is 7.81. The third-order valence-electron chi connectivity index (χ3n) is 4.85. The number of pyridine rings is 2. The van der Waals surface area contributed by atoms with Gasteiger partial charge in [-0.25, -0.2) is 4.98 Å². The van der Waals surface area contributed by atoms with Crippen LogP contribution in [0.25, 0.3) is 21.8 Å². The minimum atomic E-state index is 0.246. The SMILES string of the molecule is Cc1ccc2cccc(Nc3ncnc(Oc4ccc(Br)c5cccnc45)c3N)c2n1. The van der Waals surface area contributed by atoms with Gasteiger partial charge in [-0.1, -0.05) is 40.2 Å². The lowest BCUT2D eigenvalue weighted by atomic mass is 10.1. The van der Waals surface area contributed by atoms with Gasteiger partial charge in [-0.3, -0.25) is 9.97 Å². The van der Waals surface area contributed by atoms with Crippen molar-refractivity contribution in [1.82, 2.24) is 19.9 Å². The fourth-order valence-corrected chi connectivity index (χ4v) is 3.78. The number of halogens is 1. The summed E-state index contributed by atoms with van der Waals surface area (Å²) in [6.07, 6.45) is 3.12. The first kappa shape index (κ1) is 19.2. The molecule has 0 amide bonds. The molecule has 0 atom stereocenters. The standard InChI is InChI=1S/C23H17BrN6O/c1-13-7-8-14-4-2-6-17(20(14)29-13)30-22-19(25)23(28-12-27-22)31-18-10-9-16(24)15-5-3-11-26-21(15)18/h2-12H,25H2,1H3,(H,27,28,30). The first-order valence-electron chi connectivity index (χ1n) is 9.55. The van der Waals surface area contributed by atoms with E-state index in [4.69, 9.17) is 10.5 Å². The summed E-state index contributed by atoms with van der Waals surface area (Å²) in [7, 11) is 0. The monoisotopic (exact) mass is 472 g/mol. The lowest BCUT2D eigenvalue weighted by molar-refractivity contribution is 0.469. The van der Waals surface area contributed by atoms with Crippen molar-refractivity contribution in [2.45, 2.75) is 6.92 Å². The zero-order valence-corrected chi connectivity index (χ0v) is 18.1. The Morgan fingerprint density at radius 2 is 1.84 bits per heavy atom. The number of nitrogens with one attached hydrogen (secondary N) is 1. The van der Waals surface area contributed by atoms with Crippen LogP contribution in [-0.2, 0) is 0 Å². The van der Waals surface area contributed by atoms with E-state index in [2.05, 4.69) is 41.2 Å². The minimum Gasteiger partial charge on any atom is -0.435 e. The molecule has 31 heavy (non-hydrogen) atoms. The summed E-state index contributed by atoms with van der Waals surface area (Å²) in [6.45, 7) is 1.96. The summed E-state index contributed by atoms with van der Waals surface area (Å²) in [5.74, 6) is 1.24. The van der Waals surface area contributed by atoms with Crippen LogP contribution in [0.2, 0.25) is 0 Å². The van der Waals surface area contributed by atoms with Crippen LogP contribution in [0.4, 0.5) is 17.2 Å². The zero-order valence-electron chi connectivity index (χ0n) is 16.5. The molecule has 0 spiro atoms. The first-order chi connectivity index (χ1) is 15.1. The lowest BCUT2D eigenvalue weighted by Gasteiger charge is -2.14. The molecule has 8 heteroatoms.